The maximum Gasteiger partial charge on any atom is 0.255 e. The number of unbranched alkanes of at least 4 members (excludes halogenated alkanes) is 1. The van der Waals surface area contributed by atoms with E-state index in [-0.39, 0.29) is 11.8 Å². The number of amides is 2. The standard InChI is InChI=1S/C25H35N3O6/c1-31-18-8-10-22(33-3)20(16-18)24(29)27-14-6-5-12-26-13-7-15-28-25(30)21-17-19(32-2)9-11-23(21)34-4/h8-11,16-17,26H,5-7,12-15H2,1-4H3,(H,27,29)(H,28,30). The summed E-state index contributed by atoms with van der Waals surface area (Å²) in [4.78, 5) is 24.8. The Balaban J connectivity index is 1.58. The topological polar surface area (TPSA) is 107 Å². The lowest BCUT2D eigenvalue weighted by Gasteiger charge is -2.11. The van der Waals surface area contributed by atoms with Crippen molar-refractivity contribution in [1.82, 2.24) is 16.0 Å². The minimum atomic E-state index is -0.195. The van der Waals surface area contributed by atoms with E-state index >= 15 is 0 Å². The van der Waals surface area contributed by atoms with Crippen LogP contribution in [0.2, 0.25) is 0 Å². The van der Waals surface area contributed by atoms with Crippen molar-refractivity contribution in [2.24, 2.45) is 0 Å². The van der Waals surface area contributed by atoms with Crippen molar-refractivity contribution in [2.45, 2.75) is 19.3 Å². The first kappa shape index (κ1) is 26.8. The van der Waals surface area contributed by atoms with Crippen LogP contribution in [0.4, 0.5) is 0 Å². The van der Waals surface area contributed by atoms with E-state index in [2.05, 4.69) is 16.0 Å². The van der Waals surface area contributed by atoms with Crippen LogP contribution in [0, 0.1) is 0 Å². The lowest BCUT2D eigenvalue weighted by molar-refractivity contribution is 0.0941. The number of benzene rings is 2. The number of hydrogen-bond donors (Lipinski definition) is 3. The molecule has 2 aromatic rings. The van der Waals surface area contributed by atoms with E-state index in [1.54, 1.807) is 50.6 Å². The van der Waals surface area contributed by atoms with E-state index in [0.29, 0.717) is 47.2 Å². The minimum absolute atomic E-state index is 0.188. The van der Waals surface area contributed by atoms with Gasteiger partial charge in [0.05, 0.1) is 39.6 Å². The quantitative estimate of drug-likeness (QED) is 0.341. The van der Waals surface area contributed by atoms with Gasteiger partial charge in [-0.2, -0.15) is 0 Å². The molecule has 186 valence electrons. The molecule has 0 bridgehead atoms. The highest BCUT2D eigenvalue weighted by Gasteiger charge is 2.14. The van der Waals surface area contributed by atoms with E-state index < -0.39 is 0 Å². The maximum atomic E-state index is 12.4. The van der Waals surface area contributed by atoms with Crippen LogP contribution in [0.15, 0.2) is 36.4 Å². The van der Waals surface area contributed by atoms with Crippen LogP contribution in [-0.2, 0) is 0 Å². The van der Waals surface area contributed by atoms with Gasteiger partial charge in [-0.15, -0.1) is 0 Å². The Morgan fingerprint density at radius 3 is 1.53 bits per heavy atom. The van der Waals surface area contributed by atoms with Crippen LogP contribution in [0.25, 0.3) is 0 Å². The average Bonchev–Trinajstić information content (AvgIpc) is 2.88. The first-order valence-corrected chi connectivity index (χ1v) is 11.2. The molecule has 0 fully saturated rings. The van der Waals surface area contributed by atoms with Gasteiger partial charge < -0.3 is 34.9 Å². The van der Waals surface area contributed by atoms with Gasteiger partial charge in [0.15, 0.2) is 0 Å². The van der Waals surface area contributed by atoms with Crippen molar-refractivity contribution < 1.29 is 28.5 Å². The summed E-state index contributed by atoms with van der Waals surface area (Å²) >= 11 is 0. The fourth-order valence-corrected chi connectivity index (χ4v) is 3.29. The summed E-state index contributed by atoms with van der Waals surface area (Å²) in [5.74, 6) is 1.84. The van der Waals surface area contributed by atoms with Crippen molar-refractivity contribution in [2.75, 3.05) is 54.6 Å². The van der Waals surface area contributed by atoms with Crippen molar-refractivity contribution >= 4 is 11.8 Å². The van der Waals surface area contributed by atoms with Crippen LogP contribution in [0.5, 0.6) is 23.0 Å². The first-order chi connectivity index (χ1) is 16.5. The van der Waals surface area contributed by atoms with E-state index in [1.165, 1.54) is 14.2 Å². The normalized spacial score (nSPS) is 10.4. The Labute approximate surface area is 201 Å². The van der Waals surface area contributed by atoms with Gasteiger partial charge >= 0.3 is 0 Å². The summed E-state index contributed by atoms with van der Waals surface area (Å²) < 4.78 is 20.9. The third kappa shape index (κ3) is 8.15. The van der Waals surface area contributed by atoms with E-state index in [4.69, 9.17) is 18.9 Å². The summed E-state index contributed by atoms with van der Waals surface area (Å²) in [5.41, 5.74) is 0.900. The van der Waals surface area contributed by atoms with Crippen LogP contribution >= 0.6 is 0 Å². The molecule has 3 N–H and O–H groups in total. The first-order valence-electron chi connectivity index (χ1n) is 11.2. The molecule has 0 heterocycles. The van der Waals surface area contributed by atoms with Gasteiger partial charge in [-0.3, -0.25) is 9.59 Å². The molecule has 2 aromatic carbocycles. The number of hydrogen-bond acceptors (Lipinski definition) is 7. The Hall–Kier alpha value is -3.46. The summed E-state index contributed by atoms with van der Waals surface area (Å²) in [7, 11) is 6.18. The second kappa shape index (κ2) is 14.6. The lowest BCUT2D eigenvalue weighted by atomic mass is 10.1. The second-order valence-corrected chi connectivity index (χ2v) is 7.45. The molecule has 0 aliphatic carbocycles. The molecule has 0 aliphatic heterocycles. The molecule has 0 spiro atoms. The summed E-state index contributed by atoms with van der Waals surface area (Å²) in [6.45, 7) is 2.73. The Morgan fingerprint density at radius 1 is 0.618 bits per heavy atom. The van der Waals surface area contributed by atoms with Crippen molar-refractivity contribution in [3.05, 3.63) is 47.5 Å². The molecule has 0 radical (unpaired) electrons. The van der Waals surface area contributed by atoms with Crippen LogP contribution in [-0.4, -0.2) is 66.4 Å². The predicted molar refractivity (Wildman–Crippen MR) is 130 cm³/mol. The van der Waals surface area contributed by atoms with Crippen LogP contribution in [0.3, 0.4) is 0 Å². The highest BCUT2D eigenvalue weighted by atomic mass is 16.5. The smallest absolute Gasteiger partial charge is 0.255 e. The Bertz CT molecular complexity index is 859. The Morgan fingerprint density at radius 2 is 1.06 bits per heavy atom. The molecule has 9 heteroatoms. The second-order valence-electron chi connectivity index (χ2n) is 7.45. The molecule has 0 unspecified atom stereocenters. The van der Waals surface area contributed by atoms with Gasteiger partial charge in [0.1, 0.15) is 23.0 Å². The number of carbonyl (C=O) groups is 2. The molecular formula is C25H35N3O6. The van der Waals surface area contributed by atoms with Gasteiger partial charge in [0.2, 0.25) is 0 Å². The summed E-state index contributed by atoms with van der Waals surface area (Å²) in [5, 5.41) is 9.16. The Kier molecular flexibility index (Phi) is 11.5. The number of methoxy groups -OCH3 is 4. The molecule has 0 saturated heterocycles. The van der Waals surface area contributed by atoms with E-state index in [1.807, 2.05) is 0 Å². The number of ether oxygens (including phenoxy) is 4. The van der Waals surface area contributed by atoms with Crippen molar-refractivity contribution in [3.8, 4) is 23.0 Å². The van der Waals surface area contributed by atoms with Gasteiger partial charge in [0, 0.05) is 13.1 Å². The largest absolute Gasteiger partial charge is 0.497 e. The molecule has 2 rings (SSSR count). The van der Waals surface area contributed by atoms with E-state index in [9.17, 15) is 9.59 Å². The van der Waals surface area contributed by atoms with E-state index in [0.717, 1.165) is 32.4 Å². The molecule has 9 nitrogen and oxygen atoms in total. The molecular weight excluding hydrogens is 438 g/mol. The minimum Gasteiger partial charge on any atom is -0.497 e. The molecule has 0 aliphatic rings. The predicted octanol–water partition coefficient (Wildman–Crippen LogP) is 2.64. The molecule has 0 saturated carbocycles. The van der Waals surface area contributed by atoms with Gasteiger partial charge in [-0.25, -0.2) is 0 Å². The van der Waals surface area contributed by atoms with Crippen LogP contribution < -0.4 is 34.9 Å². The number of nitrogens with one attached hydrogen (secondary N) is 3. The fraction of sp³-hybridized carbons (Fsp3) is 0.440. The maximum absolute atomic E-state index is 12.4. The van der Waals surface area contributed by atoms with Crippen molar-refractivity contribution in [1.29, 1.82) is 0 Å². The average molecular weight is 474 g/mol. The van der Waals surface area contributed by atoms with Gasteiger partial charge in [0.25, 0.3) is 11.8 Å². The SMILES string of the molecule is COc1ccc(OC)c(C(=O)NCCCCNCCCNC(=O)c2cc(OC)ccc2OC)c1. The monoisotopic (exact) mass is 473 g/mol. The molecule has 0 atom stereocenters. The lowest BCUT2D eigenvalue weighted by Crippen LogP contribution is -2.28. The summed E-state index contributed by atoms with van der Waals surface area (Å²) in [6.07, 6.45) is 2.56. The molecule has 34 heavy (non-hydrogen) atoms. The zero-order chi connectivity index (χ0) is 24.8. The summed E-state index contributed by atoms with van der Waals surface area (Å²) in [6, 6.07) is 10.3. The van der Waals surface area contributed by atoms with Crippen molar-refractivity contribution in [3.63, 3.8) is 0 Å². The number of rotatable bonds is 15. The van der Waals surface area contributed by atoms with Gasteiger partial charge in [-0.1, -0.05) is 0 Å². The zero-order valence-electron chi connectivity index (χ0n) is 20.4. The zero-order valence-corrected chi connectivity index (χ0v) is 20.4. The van der Waals surface area contributed by atoms with Crippen LogP contribution in [0.1, 0.15) is 40.0 Å². The molecule has 2 amide bonds. The third-order valence-electron chi connectivity index (χ3n) is 5.18. The highest BCUT2D eigenvalue weighted by Crippen LogP contribution is 2.24. The third-order valence-corrected chi connectivity index (χ3v) is 5.18. The molecule has 0 aromatic heterocycles. The fourth-order valence-electron chi connectivity index (χ4n) is 3.29. The highest BCUT2D eigenvalue weighted by molar-refractivity contribution is 5.97. The number of carbonyl (C=O) groups excluding carboxylic acids is 2. The van der Waals surface area contributed by atoms with Gasteiger partial charge in [-0.05, 0) is 68.8 Å².